The van der Waals surface area contributed by atoms with Crippen molar-refractivity contribution in [3.63, 3.8) is 0 Å². The molecule has 2 fully saturated rings. The first kappa shape index (κ1) is 31.8. The molecular weight excluding hydrogens is 346 g/mol. The van der Waals surface area contributed by atoms with Gasteiger partial charge in [-0.15, -0.1) is 6.58 Å². The van der Waals surface area contributed by atoms with Gasteiger partial charge in [-0.2, -0.15) is 0 Å². The quantitative estimate of drug-likeness (QED) is 0.580. The zero-order chi connectivity index (χ0) is 21.3. The van der Waals surface area contributed by atoms with Crippen LogP contribution >= 0.6 is 0 Å². The molecule has 0 heterocycles. The second-order valence-electron chi connectivity index (χ2n) is 8.91. The van der Waals surface area contributed by atoms with Gasteiger partial charge in [0, 0.05) is 6.42 Å². The molecule has 0 aromatic heterocycles. The summed E-state index contributed by atoms with van der Waals surface area (Å²) < 4.78 is 0. The van der Waals surface area contributed by atoms with Crippen molar-refractivity contribution >= 4 is 0 Å². The highest BCUT2D eigenvalue weighted by Crippen LogP contribution is 2.45. The number of allylic oxidation sites excluding steroid dienone is 4. The highest BCUT2D eigenvalue weighted by Gasteiger charge is 2.33. The summed E-state index contributed by atoms with van der Waals surface area (Å²) in [5, 5.41) is 11.2. The van der Waals surface area contributed by atoms with Crippen LogP contribution in [0.3, 0.4) is 0 Å². The fraction of sp³-hybridized carbons (Fsp3) is 0.720. The maximum Gasteiger partial charge on any atom is 0.0540 e. The van der Waals surface area contributed by atoms with E-state index in [2.05, 4.69) is 65.6 Å². The first-order chi connectivity index (χ1) is 12.7. The SMILES string of the molecule is C=C[CH]/C(=C\C=C)[C@H]1CCCCC1(C)C.CC(C)C.CNC.O.OC1CCC1. The van der Waals surface area contributed by atoms with Crippen molar-refractivity contribution in [3.8, 4) is 0 Å². The van der Waals surface area contributed by atoms with E-state index in [1.807, 2.05) is 26.2 Å². The topological polar surface area (TPSA) is 63.8 Å². The molecule has 2 saturated carbocycles. The van der Waals surface area contributed by atoms with E-state index in [4.69, 9.17) is 5.11 Å². The number of aliphatic hydroxyl groups excluding tert-OH is 1. The maximum atomic E-state index is 8.45. The van der Waals surface area contributed by atoms with Gasteiger partial charge in [0.2, 0.25) is 0 Å². The third kappa shape index (κ3) is 17.2. The van der Waals surface area contributed by atoms with E-state index in [9.17, 15) is 0 Å². The predicted molar refractivity (Wildman–Crippen MR) is 127 cm³/mol. The number of hydrogen-bond donors (Lipinski definition) is 2. The average molecular weight is 397 g/mol. The molecule has 0 unspecified atom stereocenters. The minimum absolute atomic E-state index is 0. The Kier molecular flexibility index (Phi) is 22.0. The van der Waals surface area contributed by atoms with Gasteiger partial charge in [-0.3, -0.25) is 0 Å². The van der Waals surface area contributed by atoms with E-state index in [0.29, 0.717) is 11.3 Å². The van der Waals surface area contributed by atoms with E-state index in [1.54, 1.807) is 0 Å². The van der Waals surface area contributed by atoms with Gasteiger partial charge in [0.05, 0.1) is 6.10 Å². The number of hydrogen-bond acceptors (Lipinski definition) is 2. The minimum Gasteiger partial charge on any atom is -0.412 e. The van der Waals surface area contributed by atoms with Gasteiger partial charge in [0.15, 0.2) is 0 Å². The number of rotatable bonds is 4. The van der Waals surface area contributed by atoms with Crippen LogP contribution in [0, 0.1) is 23.7 Å². The molecule has 0 aliphatic heterocycles. The Morgan fingerprint density at radius 3 is 1.75 bits per heavy atom. The van der Waals surface area contributed by atoms with Gasteiger partial charge >= 0.3 is 0 Å². The van der Waals surface area contributed by atoms with Crippen molar-refractivity contribution in [2.75, 3.05) is 14.1 Å². The second kappa shape index (κ2) is 19.4. The molecule has 28 heavy (non-hydrogen) atoms. The first-order valence-electron chi connectivity index (χ1n) is 10.7. The van der Waals surface area contributed by atoms with Crippen molar-refractivity contribution in [3.05, 3.63) is 43.4 Å². The van der Waals surface area contributed by atoms with Crippen LogP contribution in [0.15, 0.2) is 37.0 Å². The summed E-state index contributed by atoms with van der Waals surface area (Å²) >= 11 is 0. The van der Waals surface area contributed by atoms with E-state index < -0.39 is 0 Å². The molecule has 1 radical (unpaired) electrons. The monoisotopic (exact) mass is 396 g/mol. The third-order valence-corrected chi connectivity index (χ3v) is 4.60. The van der Waals surface area contributed by atoms with Crippen molar-refractivity contribution in [2.24, 2.45) is 17.3 Å². The number of nitrogens with one attached hydrogen (secondary N) is 1. The van der Waals surface area contributed by atoms with Crippen LogP contribution in [0.25, 0.3) is 0 Å². The van der Waals surface area contributed by atoms with Crippen LogP contribution in [0.2, 0.25) is 0 Å². The van der Waals surface area contributed by atoms with Crippen LogP contribution in [0.5, 0.6) is 0 Å². The Balaban J connectivity index is -0.000000394. The van der Waals surface area contributed by atoms with E-state index >= 15 is 0 Å². The lowest BCUT2D eigenvalue weighted by Crippen LogP contribution is -2.29. The summed E-state index contributed by atoms with van der Waals surface area (Å²) in [6.07, 6.45) is 16.8. The van der Waals surface area contributed by atoms with E-state index in [-0.39, 0.29) is 11.6 Å². The predicted octanol–water partition coefficient (Wildman–Crippen LogP) is 5.91. The summed E-state index contributed by atoms with van der Waals surface area (Å²) in [5.41, 5.74) is 1.82. The van der Waals surface area contributed by atoms with Crippen molar-refractivity contribution in [2.45, 2.75) is 85.7 Å². The molecule has 1 atom stereocenters. The molecule has 2 rings (SSSR count). The van der Waals surface area contributed by atoms with Crippen LogP contribution in [0.1, 0.15) is 79.6 Å². The lowest BCUT2D eigenvalue weighted by molar-refractivity contribution is 0.0950. The molecule has 2 aliphatic carbocycles. The Hall–Kier alpha value is -0.900. The van der Waals surface area contributed by atoms with Gasteiger partial charge in [0.1, 0.15) is 0 Å². The van der Waals surface area contributed by atoms with Crippen LogP contribution in [-0.2, 0) is 0 Å². The molecule has 4 N–H and O–H groups in total. The van der Waals surface area contributed by atoms with Gasteiger partial charge < -0.3 is 15.9 Å². The largest absolute Gasteiger partial charge is 0.412 e. The standard InChI is InChI=1S/C15H23.C4H8O.C4H10.C2H7N.H2O/c1-5-9-13(10-6-2)14-11-7-8-12-15(14,3)4;5-4-2-1-3-4;1-4(2)3;1-3-2;/h5-6,9-10,14H,1-2,7-8,11-12H2,3-4H3;4-5H,1-3H2;4H,1-3H3;3H,1-2H3;1H2/b13-9+;;;;/t14-;;;;/m1..../s1. The highest BCUT2D eigenvalue weighted by atomic mass is 16.3. The summed E-state index contributed by atoms with van der Waals surface area (Å²) in [6, 6.07) is 0. The molecule has 0 aromatic rings. The van der Waals surface area contributed by atoms with Crippen molar-refractivity contribution in [1.29, 1.82) is 0 Å². The van der Waals surface area contributed by atoms with Crippen molar-refractivity contribution in [1.82, 2.24) is 5.32 Å². The van der Waals surface area contributed by atoms with Crippen LogP contribution < -0.4 is 5.32 Å². The molecule has 167 valence electrons. The molecular formula is C25H50NO2. The van der Waals surface area contributed by atoms with Crippen LogP contribution in [-0.4, -0.2) is 30.8 Å². The van der Waals surface area contributed by atoms with Gasteiger partial charge in [0.25, 0.3) is 0 Å². The molecule has 0 saturated heterocycles. The molecule has 3 heteroatoms. The lowest BCUT2D eigenvalue weighted by atomic mass is 9.65. The van der Waals surface area contributed by atoms with Gasteiger partial charge in [-0.25, -0.2) is 0 Å². The molecule has 0 aromatic carbocycles. The summed E-state index contributed by atoms with van der Waals surface area (Å²) in [6.45, 7) is 18.8. The molecule has 3 nitrogen and oxygen atoms in total. The Morgan fingerprint density at radius 2 is 1.46 bits per heavy atom. The Morgan fingerprint density at radius 1 is 1.00 bits per heavy atom. The van der Waals surface area contributed by atoms with Gasteiger partial charge in [-0.05, 0) is 63.5 Å². The van der Waals surface area contributed by atoms with Crippen LogP contribution in [0.4, 0.5) is 0 Å². The second-order valence-corrected chi connectivity index (χ2v) is 8.91. The normalized spacial score (nSPS) is 20.5. The summed E-state index contributed by atoms with van der Waals surface area (Å²) in [5.74, 6) is 1.50. The minimum atomic E-state index is 0. The molecule has 0 amide bonds. The highest BCUT2D eigenvalue weighted by molar-refractivity contribution is 5.28. The van der Waals surface area contributed by atoms with Crippen molar-refractivity contribution < 1.29 is 10.6 Å². The Labute approximate surface area is 176 Å². The smallest absolute Gasteiger partial charge is 0.0540 e. The molecule has 2 aliphatic rings. The lowest BCUT2D eigenvalue weighted by Gasteiger charge is -2.40. The summed E-state index contributed by atoms with van der Waals surface area (Å²) in [4.78, 5) is 0. The average Bonchev–Trinajstić information content (AvgIpc) is 2.53. The summed E-state index contributed by atoms with van der Waals surface area (Å²) in [7, 11) is 3.75. The fourth-order valence-corrected chi connectivity index (χ4v) is 3.06. The third-order valence-electron chi connectivity index (χ3n) is 4.60. The number of aliphatic hydroxyl groups is 1. The zero-order valence-electron chi connectivity index (χ0n) is 19.9. The first-order valence-corrected chi connectivity index (χ1v) is 10.7. The molecule has 0 bridgehead atoms. The Bertz CT molecular complexity index is 393. The van der Waals surface area contributed by atoms with Gasteiger partial charge in [-0.1, -0.05) is 77.8 Å². The maximum absolute atomic E-state index is 8.45. The molecule has 0 spiro atoms. The van der Waals surface area contributed by atoms with E-state index in [1.165, 1.54) is 37.7 Å². The van der Waals surface area contributed by atoms with E-state index in [0.717, 1.165) is 18.8 Å². The fourth-order valence-electron chi connectivity index (χ4n) is 3.06. The zero-order valence-corrected chi connectivity index (χ0v) is 19.9.